The van der Waals surface area contributed by atoms with E-state index in [1.165, 1.54) is 6.07 Å². The Morgan fingerprint density at radius 3 is 2.36 bits per heavy atom. The summed E-state index contributed by atoms with van der Waals surface area (Å²) in [6.07, 6.45) is 0. The zero-order chi connectivity index (χ0) is 16.4. The maximum Gasteiger partial charge on any atom is 0.228 e. The van der Waals surface area contributed by atoms with Crippen LogP contribution in [0.5, 0.6) is 0 Å². The van der Waals surface area contributed by atoms with Crippen LogP contribution in [0.2, 0.25) is 10.2 Å². The van der Waals surface area contributed by atoms with Crippen LogP contribution in [0, 0.1) is 5.82 Å². The van der Waals surface area contributed by atoms with Crippen LogP contribution < -0.4 is 10.2 Å². The number of nitrogens with one attached hydrogen (secondary N) is 1. The lowest BCUT2D eigenvalue weighted by Gasteiger charge is -2.19. The summed E-state index contributed by atoms with van der Waals surface area (Å²) in [5, 5.41) is 3.58. The summed E-state index contributed by atoms with van der Waals surface area (Å²) >= 11 is 12.5. The van der Waals surface area contributed by atoms with Crippen LogP contribution in [-0.2, 0) is 0 Å². The molecular weight excluding hydrogens is 326 g/mol. The van der Waals surface area contributed by atoms with Crippen LogP contribution in [0.25, 0.3) is 11.1 Å². The summed E-state index contributed by atoms with van der Waals surface area (Å²) in [5.74, 6) is 0.414. The fourth-order valence-electron chi connectivity index (χ4n) is 1.96. The zero-order valence-corrected chi connectivity index (χ0v) is 14.3. The third kappa shape index (κ3) is 3.42. The van der Waals surface area contributed by atoms with Gasteiger partial charge in [-0.05, 0) is 26.0 Å². The van der Waals surface area contributed by atoms with Crippen molar-refractivity contribution < 1.29 is 4.39 Å². The Bertz CT molecular complexity index is 669. The van der Waals surface area contributed by atoms with Crippen molar-refractivity contribution in [3.8, 4) is 11.1 Å². The van der Waals surface area contributed by atoms with E-state index >= 15 is 0 Å². The SMILES string of the molecule is CC(C)Nc1nc(N(C)C)nc(Cl)c1-c1c(F)cccc1Cl. The van der Waals surface area contributed by atoms with Crippen molar-refractivity contribution in [2.24, 2.45) is 0 Å². The van der Waals surface area contributed by atoms with E-state index in [-0.39, 0.29) is 21.8 Å². The van der Waals surface area contributed by atoms with E-state index in [2.05, 4.69) is 15.3 Å². The molecule has 0 saturated carbocycles. The van der Waals surface area contributed by atoms with Gasteiger partial charge in [0.1, 0.15) is 16.8 Å². The number of hydrogen-bond acceptors (Lipinski definition) is 4. The molecule has 0 spiro atoms. The molecule has 0 aliphatic heterocycles. The van der Waals surface area contributed by atoms with Crippen LogP contribution in [0.1, 0.15) is 13.8 Å². The number of hydrogen-bond donors (Lipinski definition) is 1. The molecule has 2 aromatic rings. The summed E-state index contributed by atoms with van der Waals surface area (Å²) in [7, 11) is 3.61. The highest BCUT2D eigenvalue weighted by atomic mass is 35.5. The lowest BCUT2D eigenvalue weighted by molar-refractivity contribution is 0.631. The van der Waals surface area contributed by atoms with Crippen molar-refractivity contribution in [3.05, 3.63) is 34.2 Å². The minimum atomic E-state index is -0.470. The highest BCUT2D eigenvalue weighted by Gasteiger charge is 2.21. The highest BCUT2D eigenvalue weighted by molar-refractivity contribution is 6.36. The number of rotatable bonds is 4. The van der Waals surface area contributed by atoms with Crippen molar-refractivity contribution >= 4 is 35.0 Å². The molecule has 4 nitrogen and oxygen atoms in total. The third-order valence-electron chi connectivity index (χ3n) is 2.89. The lowest BCUT2D eigenvalue weighted by atomic mass is 10.1. The smallest absolute Gasteiger partial charge is 0.228 e. The first kappa shape index (κ1) is 16.8. The summed E-state index contributed by atoms with van der Waals surface area (Å²) in [6.45, 7) is 3.91. The van der Waals surface area contributed by atoms with E-state index in [4.69, 9.17) is 23.2 Å². The predicted molar refractivity (Wildman–Crippen MR) is 90.5 cm³/mol. The fourth-order valence-corrected chi connectivity index (χ4v) is 2.48. The van der Waals surface area contributed by atoms with Crippen LogP contribution in [-0.4, -0.2) is 30.1 Å². The molecule has 0 radical (unpaired) electrons. The molecule has 0 saturated heterocycles. The third-order valence-corrected chi connectivity index (χ3v) is 3.48. The molecular formula is C15H17Cl2FN4. The van der Waals surface area contributed by atoms with Crippen molar-refractivity contribution in [1.29, 1.82) is 0 Å². The van der Waals surface area contributed by atoms with Gasteiger partial charge in [0.25, 0.3) is 0 Å². The standard InChI is InChI=1S/C15H17Cl2FN4/c1-8(2)19-14-12(11-9(16)6-5-7-10(11)18)13(17)20-15(21-14)22(3)4/h5-8H,1-4H3,(H,19,20,21). The maximum absolute atomic E-state index is 14.3. The Balaban J connectivity index is 2.73. The minimum absolute atomic E-state index is 0.0882. The molecule has 0 fully saturated rings. The first-order valence-corrected chi connectivity index (χ1v) is 7.52. The Hall–Kier alpha value is -1.59. The summed E-state index contributed by atoms with van der Waals surface area (Å²) in [4.78, 5) is 10.4. The second-order valence-electron chi connectivity index (χ2n) is 5.33. The predicted octanol–water partition coefficient (Wildman–Crippen LogP) is 4.48. The largest absolute Gasteiger partial charge is 0.367 e. The molecule has 1 aromatic heterocycles. The van der Waals surface area contributed by atoms with Crippen molar-refractivity contribution in [2.75, 3.05) is 24.3 Å². The highest BCUT2D eigenvalue weighted by Crippen LogP contribution is 2.39. The van der Waals surface area contributed by atoms with Gasteiger partial charge in [-0.2, -0.15) is 4.98 Å². The van der Waals surface area contributed by atoms with Crippen molar-refractivity contribution in [1.82, 2.24) is 9.97 Å². The van der Waals surface area contributed by atoms with Crippen molar-refractivity contribution in [2.45, 2.75) is 19.9 Å². The second kappa shape index (κ2) is 6.67. The first-order valence-electron chi connectivity index (χ1n) is 6.77. The van der Waals surface area contributed by atoms with Gasteiger partial charge in [0, 0.05) is 25.7 Å². The fraction of sp³-hybridized carbons (Fsp3) is 0.333. The van der Waals surface area contributed by atoms with Gasteiger partial charge < -0.3 is 10.2 Å². The van der Waals surface area contributed by atoms with Gasteiger partial charge in [0.2, 0.25) is 5.95 Å². The van der Waals surface area contributed by atoms with Crippen LogP contribution >= 0.6 is 23.2 Å². The molecule has 0 aliphatic rings. The molecule has 118 valence electrons. The normalized spacial score (nSPS) is 10.9. The molecule has 0 unspecified atom stereocenters. The van der Waals surface area contributed by atoms with Gasteiger partial charge in [0.15, 0.2) is 0 Å². The van der Waals surface area contributed by atoms with Gasteiger partial charge in [0.05, 0.1) is 10.6 Å². The molecule has 2 rings (SSSR count). The Morgan fingerprint density at radius 2 is 1.82 bits per heavy atom. The Kier molecular flexibility index (Phi) is 5.08. The van der Waals surface area contributed by atoms with E-state index in [0.29, 0.717) is 17.3 Å². The topological polar surface area (TPSA) is 41.1 Å². The number of nitrogens with zero attached hydrogens (tertiary/aromatic N) is 3. The average molecular weight is 343 g/mol. The number of halogens is 3. The zero-order valence-electron chi connectivity index (χ0n) is 12.8. The Morgan fingerprint density at radius 1 is 1.14 bits per heavy atom. The number of benzene rings is 1. The van der Waals surface area contributed by atoms with Gasteiger partial charge >= 0.3 is 0 Å². The van der Waals surface area contributed by atoms with Crippen LogP contribution in [0.15, 0.2) is 18.2 Å². The quantitative estimate of drug-likeness (QED) is 0.832. The molecule has 1 aromatic carbocycles. The van der Waals surface area contributed by atoms with Gasteiger partial charge in [-0.25, -0.2) is 9.37 Å². The molecule has 7 heteroatoms. The van der Waals surface area contributed by atoms with Gasteiger partial charge in [-0.3, -0.25) is 0 Å². The number of anilines is 2. The van der Waals surface area contributed by atoms with Crippen molar-refractivity contribution in [3.63, 3.8) is 0 Å². The minimum Gasteiger partial charge on any atom is -0.367 e. The molecule has 0 aliphatic carbocycles. The lowest BCUT2D eigenvalue weighted by Crippen LogP contribution is -2.18. The van der Waals surface area contributed by atoms with Gasteiger partial charge in [-0.1, -0.05) is 29.3 Å². The molecule has 0 atom stereocenters. The summed E-state index contributed by atoms with van der Waals surface area (Å²) in [6, 6.07) is 4.57. The molecule has 1 N–H and O–H groups in total. The van der Waals surface area contributed by atoms with E-state index in [9.17, 15) is 4.39 Å². The monoisotopic (exact) mass is 342 g/mol. The number of aromatic nitrogens is 2. The second-order valence-corrected chi connectivity index (χ2v) is 6.09. The van der Waals surface area contributed by atoms with E-state index in [0.717, 1.165) is 0 Å². The van der Waals surface area contributed by atoms with Crippen LogP contribution in [0.3, 0.4) is 0 Å². The van der Waals surface area contributed by atoms with E-state index < -0.39 is 5.82 Å². The van der Waals surface area contributed by atoms with Gasteiger partial charge in [-0.15, -0.1) is 0 Å². The van der Waals surface area contributed by atoms with E-state index in [1.807, 2.05) is 13.8 Å². The first-order chi connectivity index (χ1) is 10.3. The molecule has 22 heavy (non-hydrogen) atoms. The molecule has 1 heterocycles. The molecule has 0 amide bonds. The Labute approximate surface area is 139 Å². The maximum atomic E-state index is 14.3. The molecule has 0 bridgehead atoms. The van der Waals surface area contributed by atoms with Crippen LogP contribution in [0.4, 0.5) is 16.2 Å². The average Bonchev–Trinajstić information content (AvgIpc) is 2.40. The summed E-state index contributed by atoms with van der Waals surface area (Å²) < 4.78 is 14.3. The summed E-state index contributed by atoms with van der Waals surface area (Å²) in [5.41, 5.74) is 0.562. The van der Waals surface area contributed by atoms with E-state index in [1.54, 1.807) is 31.1 Å².